The standard InChI is InChI=1S/C6H11NOS/c1-9(2,3)6-4-5-7-8-6/h4-5H,1-3H3. The minimum Gasteiger partial charge on any atom is -0.352 e. The lowest BCUT2D eigenvalue weighted by Gasteiger charge is -2.19. The fraction of sp³-hybridized carbons (Fsp3) is 0.500. The maximum absolute atomic E-state index is 4.98. The van der Waals surface area contributed by atoms with Crippen molar-refractivity contribution in [3.8, 4) is 0 Å². The van der Waals surface area contributed by atoms with Gasteiger partial charge in [0.2, 0.25) is 0 Å². The highest BCUT2D eigenvalue weighted by Gasteiger charge is 2.10. The van der Waals surface area contributed by atoms with E-state index in [4.69, 9.17) is 4.52 Å². The lowest BCUT2D eigenvalue weighted by atomic mass is 10.8. The molecule has 0 aliphatic heterocycles. The van der Waals surface area contributed by atoms with Crippen LogP contribution in [0.1, 0.15) is 0 Å². The maximum atomic E-state index is 4.98. The summed E-state index contributed by atoms with van der Waals surface area (Å²) in [4.78, 5) is 0. The first-order valence-corrected chi connectivity index (χ1v) is 5.55. The highest BCUT2D eigenvalue weighted by molar-refractivity contribution is 8.32. The van der Waals surface area contributed by atoms with E-state index in [1.165, 1.54) is 0 Å². The van der Waals surface area contributed by atoms with Crippen LogP contribution in [0, 0.1) is 0 Å². The summed E-state index contributed by atoms with van der Waals surface area (Å²) in [6.45, 7) is 0. The van der Waals surface area contributed by atoms with Crippen LogP contribution in [0.25, 0.3) is 0 Å². The van der Waals surface area contributed by atoms with Crippen molar-refractivity contribution in [3.63, 3.8) is 0 Å². The Labute approximate surface area is 56.6 Å². The van der Waals surface area contributed by atoms with Crippen LogP contribution in [0.3, 0.4) is 0 Å². The second-order valence-electron chi connectivity index (χ2n) is 2.67. The molecule has 0 spiro atoms. The van der Waals surface area contributed by atoms with Crippen LogP contribution in [0.15, 0.2) is 21.9 Å². The normalized spacial score (nSPS) is 13.7. The molecule has 0 radical (unpaired) electrons. The summed E-state index contributed by atoms with van der Waals surface area (Å²) in [6, 6.07) is 1.93. The van der Waals surface area contributed by atoms with Gasteiger partial charge in [0.1, 0.15) is 0 Å². The summed E-state index contributed by atoms with van der Waals surface area (Å²) in [5.74, 6) is 0. The van der Waals surface area contributed by atoms with Crippen molar-refractivity contribution in [2.45, 2.75) is 5.09 Å². The van der Waals surface area contributed by atoms with Crippen LogP contribution in [-0.2, 0) is 0 Å². The van der Waals surface area contributed by atoms with E-state index >= 15 is 0 Å². The van der Waals surface area contributed by atoms with Crippen molar-refractivity contribution in [2.24, 2.45) is 0 Å². The van der Waals surface area contributed by atoms with E-state index < -0.39 is 10.0 Å². The summed E-state index contributed by atoms with van der Waals surface area (Å²) in [7, 11) is -0.689. The Morgan fingerprint density at radius 3 is 2.33 bits per heavy atom. The molecule has 1 aromatic heterocycles. The van der Waals surface area contributed by atoms with Gasteiger partial charge in [-0.2, -0.15) is 10.0 Å². The molecule has 0 saturated heterocycles. The zero-order chi connectivity index (χ0) is 6.91. The Hall–Kier alpha value is -0.440. The molecule has 1 heterocycles. The maximum Gasteiger partial charge on any atom is 0.175 e. The molecule has 1 rings (SSSR count). The van der Waals surface area contributed by atoms with E-state index in [1.807, 2.05) is 6.07 Å². The molecule has 0 aliphatic carbocycles. The molecule has 0 unspecified atom stereocenters. The first kappa shape index (κ1) is 6.68. The number of aromatic nitrogens is 1. The van der Waals surface area contributed by atoms with Crippen LogP contribution < -0.4 is 0 Å². The van der Waals surface area contributed by atoms with E-state index in [-0.39, 0.29) is 0 Å². The van der Waals surface area contributed by atoms with Gasteiger partial charge in [0.15, 0.2) is 5.09 Å². The van der Waals surface area contributed by atoms with Crippen LogP contribution in [0.2, 0.25) is 0 Å². The van der Waals surface area contributed by atoms with Gasteiger partial charge in [0.25, 0.3) is 0 Å². The van der Waals surface area contributed by atoms with Gasteiger partial charge in [0.05, 0.1) is 6.20 Å². The highest BCUT2D eigenvalue weighted by atomic mass is 32.3. The second kappa shape index (κ2) is 2.06. The van der Waals surface area contributed by atoms with Gasteiger partial charge in [-0.3, -0.25) is 0 Å². The molecular weight excluding hydrogens is 134 g/mol. The molecule has 52 valence electrons. The third-order valence-electron chi connectivity index (χ3n) is 1.02. The SMILES string of the molecule is CS(C)(C)c1ccno1. The summed E-state index contributed by atoms with van der Waals surface area (Å²) in [5.41, 5.74) is 0. The number of hydrogen-bond acceptors (Lipinski definition) is 2. The third-order valence-corrected chi connectivity index (χ3v) is 2.44. The fourth-order valence-electron chi connectivity index (χ4n) is 0.520. The van der Waals surface area contributed by atoms with Gasteiger partial charge < -0.3 is 4.52 Å². The Morgan fingerprint density at radius 2 is 2.11 bits per heavy atom. The van der Waals surface area contributed by atoms with E-state index in [1.54, 1.807) is 6.20 Å². The number of rotatable bonds is 1. The highest BCUT2D eigenvalue weighted by Crippen LogP contribution is 2.44. The Balaban J connectivity index is 2.90. The van der Waals surface area contributed by atoms with Crippen molar-refractivity contribution in [2.75, 3.05) is 18.8 Å². The molecule has 2 nitrogen and oxygen atoms in total. The van der Waals surface area contributed by atoms with Crippen molar-refractivity contribution >= 4 is 10.0 Å². The molecule has 0 fully saturated rings. The van der Waals surface area contributed by atoms with Gasteiger partial charge in [0, 0.05) is 6.07 Å². The number of nitrogens with zero attached hydrogens (tertiary/aromatic N) is 1. The minimum atomic E-state index is -0.689. The molecule has 9 heavy (non-hydrogen) atoms. The van der Waals surface area contributed by atoms with Gasteiger partial charge >= 0.3 is 0 Å². The summed E-state index contributed by atoms with van der Waals surface area (Å²) in [6.07, 6.45) is 8.21. The van der Waals surface area contributed by atoms with Crippen LogP contribution in [-0.4, -0.2) is 23.9 Å². The molecule has 0 amide bonds. The summed E-state index contributed by atoms with van der Waals surface area (Å²) < 4.78 is 4.98. The molecule has 0 N–H and O–H groups in total. The Morgan fingerprint density at radius 1 is 1.44 bits per heavy atom. The van der Waals surface area contributed by atoms with E-state index in [2.05, 4.69) is 23.9 Å². The smallest absolute Gasteiger partial charge is 0.175 e. The van der Waals surface area contributed by atoms with E-state index in [0.29, 0.717) is 0 Å². The van der Waals surface area contributed by atoms with Crippen molar-refractivity contribution in [1.29, 1.82) is 0 Å². The molecule has 3 heteroatoms. The molecule has 0 aliphatic rings. The predicted molar refractivity (Wildman–Crippen MR) is 40.1 cm³/mol. The average molecular weight is 145 g/mol. The van der Waals surface area contributed by atoms with Gasteiger partial charge in [-0.05, 0) is 18.8 Å². The van der Waals surface area contributed by atoms with Gasteiger partial charge in [-0.1, -0.05) is 5.16 Å². The summed E-state index contributed by atoms with van der Waals surface area (Å²) in [5, 5.41) is 4.65. The quantitative estimate of drug-likeness (QED) is 0.601. The van der Waals surface area contributed by atoms with Crippen LogP contribution >= 0.6 is 10.0 Å². The second-order valence-corrected chi connectivity index (χ2v) is 6.75. The van der Waals surface area contributed by atoms with E-state index in [9.17, 15) is 0 Å². The Bertz CT molecular complexity index is 175. The van der Waals surface area contributed by atoms with Crippen LogP contribution in [0.4, 0.5) is 0 Å². The largest absolute Gasteiger partial charge is 0.352 e. The van der Waals surface area contributed by atoms with Crippen molar-refractivity contribution in [1.82, 2.24) is 5.16 Å². The third kappa shape index (κ3) is 1.48. The predicted octanol–water partition coefficient (Wildman–Crippen LogP) is 1.73. The molecule has 1 aromatic rings. The zero-order valence-electron chi connectivity index (χ0n) is 5.92. The Kier molecular flexibility index (Phi) is 1.53. The summed E-state index contributed by atoms with van der Waals surface area (Å²) >= 11 is 0. The molecule has 0 aromatic carbocycles. The van der Waals surface area contributed by atoms with Crippen molar-refractivity contribution in [3.05, 3.63) is 12.3 Å². The molecule has 0 saturated carbocycles. The lowest BCUT2D eigenvalue weighted by Crippen LogP contribution is -1.89. The first-order valence-electron chi connectivity index (χ1n) is 2.70. The van der Waals surface area contributed by atoms with E-state index in [0.717, 1.165) is 5.09 Å². The van der Waals surface area contributed by atoms with Crippen LogP contribution in [0.5, 0.6) is 0 Å². The molecule has 0 bridgehead atoms. The molecular formula is C6H11NOS. The fourth-order valence-corrected chi connectivity index (χ4v) is 1.26. The first-order chi connectivity index (χ1) is 4.11. The van der Waals surface area contributed by atoms with Crippen molar-refractivity contribution < 1.29 is 4.52 Å². The topological polar surface area (TPSA) is 26.0 Å². The average Bonchev–Trinajstić information content (AvgIpc) is 2.08. The lowest BCUT2D eigenvalue weighted by molar-refractivity contribution is 0.347. The molecule has 0 atom stereocenters. The van der Waals surface area contributed by atoms with Gasteiger partial charge in [-0.25, -0.2) is 0 Å². The minimum absolute atomic E-state index is 0.689. The number of hydrogen-bond donors (Lipinski definition) is 0. The monoisotopic (exact) mass is 145 g/mol. The van der Waals surface area contributed by atoms with Gasteiger partial charge in [-0.15, -0.1) is 0 Å². The zero-order valence-corrected chi connectivity index (χ0v) is 6.73.